The molecule has 0 aliphatic carbocycles. The number of piperidine rings is 1. The lowest BCUT2D eigenvalue weighted by atomic mass is 9.78. The first kappa shape index (κ1) is 17.0. The fourth-order valence-corrected chi connectivity index (χ4v) is 3.18. The van der Waals surface area contributed by atoms with Crippen LogP contribution in [0.3, 0.4) is 0 Å². The van der Waals surface area contributed by atoms with Crippen LogP contribution in [0.1, 0.15) is 51.7 Å². The minimum absolute atomic E-state index is 0.00190. The van der Waals surface area contributed by atoms with E-state index in [1.165, 1.54) is 11.1 Å². The van der Waals surface area contributed by atoms with Crippen LogP contribution < -0.4 is 5.73 Å². The summed E-state index contributed by atoms with van der Waals surface area (Å²) in [6.07, 6.45) is 1.44. The van der Waals surface area contributed by atoms with Crippen LogP contribution in [0.25, 0.3) is 0 Å². The number of nitrogens with zero attached hydrogens (tertiary/aromatic N) is 1. The van der Waals surface area contributed by atoms with Crippen LogP contribution in [0, 0.1) is 12.3 Å². The Bertz CT molecular complexity index is 531. The highest BCUT2D eigenvalue weighted by molar-refractivity contribution is 5.78. The number of rotatable bonds is 3. The number of aryl methyl sites for hydroxylation is 1. The standard InChI is InChI=1S/C19H30N2O/c1-14-6-8-15(9-7-14)18(2,3)12-17(22)21-11-10-16(20)19(4,5)13-21/h6-9,16H,10-13,20H2,1-5H3. The van der Waals surface area contributed by atoms with E-state index in [1.54, 1.807) is 0 Å². The number of hydrogen-bond donors (Lipinski definition) is 1. The molecule has 1 unspecified atom stereocenters. The third-order valence-electron chi connectivity index (χ3n) is 5.09. The van der Waals surface area contributed by atoms with E-state index in [1.807, 2.05) is 4.90 Å². The molecule has 0 aromatic heterocycles. The lowest BCUT2D eigenvalue weighted by molar-refractivity contribution is -0.135. The molecular formula is C19H30N2O. The van der Waals surface area contributed by atoms with Crippen molar-refractivity contribution in [1.29, 1.82) is 0 Å². The minimum Gasteiger partial charge on any atom is -0.342 e. The zero-order chi connectivity index (χ0) is 16.5. The van der Waals surface area contributed by atoms with Gasteiger partial charge in [0.25, 0.3) is 0 Å². The molecule has 1 heterocycles. The maximum atomic E-state index is 12.7. The van der Waals surface area contributed by atoms with E-state index in [0.717, 1.165) is 19.5 Å². The summed E-state index contributed by atoms with van der Waals surface area (Å²) in [6.45, 7) is 12.2. The van der Waals surface area contributed by atoms with Crippen molar-refractivity contribution in [2.24, 2.45) is 11.1 Å². The highest BCUT2D eigenvalue weighted by Crippen LogP contribution is 2.31. The Morgan fingerprint density at radius 1 is 1.32 bits per heavy atom. The Kier molecular flexibility index (Phi) is 4.67. The van der Waals surface area contributed by atoms with Gasteiger partial charge >= 0.3 is 0 Å². The second-order valence-electron chi connectivity index (χ2n) is 8.13. The summed E-state index contributed by atoms with van der Waals surface area (Å²) in [7, 11) is 0. The average Bonchev–Trinajstić information content (AvgIpc) is 2.41. The summed E-state index contributed by atoms with van der Waals surface area (Å²) in [5.74, 6) is 0.241. The van der Waals surface area contributed by atoms with Crippen LogP contribution in [0.5, 0.6) is 0 Å². The Morgan fingerprint density at radius 2 is 1.91 bits per heavy atom. The molecule has 1 fully saturated rings. The van der Waals surface area contributed by atoms with Crippen molar-refractivity contribution in [2.75, 3.05) is 13.1 Å². The van der Waals surface area contributed by atoms with Crippen molar-refractivity contribution in [1.82, 2.24) is 4.90 Å². The van der Waals surface area contributed by atoms with E-state index in [4.69, 9.17) is 5.73 Å². The number of likely N-dealkylation sites (tertiary alicyclic amines) is 1. The van der Waals surface area contributed by atoms with Crippen molar-refractivity contribution in [3.63, 3.8) is 0 Å². The number of amides is 1. The molecule has 1 atom stereocenters. The van der Waals surface area contributed by atoms with Gasteiger partial charge in [-0.3, -0.25) is 4.79 Å². The van der Waals surface area contributed by atoms with Gasteiger partial charge in [0, 0.05) is 25.6 Å². The fourth-order valence-electron chi connectivity index (χ4n) is 3.18. The predicted molar refractivity (Wildman–Crippen MR) is 91.8 cm³/mol. The Hall–Kier alpha value is -1.35. The van der Waals surface area contributed by atoms with Crippen LogP contribution in [-0.4, -0.2) is 29.9 Å². The third-order valence-corrected chi connectivity index (χ3v) is 5.09. The first-order valence-corrected chi connectivity index (χ1v) is 8.22. The van der Waals surface area contributed by atoms with E-state index in [-0.39, 0.29) is 22.8 Å². The summed E-state index contributed by atoms with van der Waals surface area (Å²) >= 11 is 0. The molecule has 0 spiro atoms. The van der Waals surface area contributed by atoms with Crippen LogP contribution in [-0.2, 0) is 10.2 Å². The van der Waals surface area contributed by atoms with Crippen LogP contribution >= 0.6 is 0 Å². The molecule has 1 aromatic rings. The highest BCUT2D eigenvalue weighted by Gasteiger charge is 2.36. The highest BCUT2D eigenvalue weighted by atomic mass is 16.2. The lowest BCUT2D eigenvalue weighted by Crippen LogP contribution is -2.54. The zero-order valence-electron chi connectivity index (χ0n) is 14.6. The molecule has 3 heteroatoms. The molecular weight excluding hydrogens is 272 g/mol. The molecule has 0 radical (unpaired) electrons. The first-order valence-electron chi connectivity index (χ1n) is 8.22. The molecule has 22 heavy (non-hydrogen) atoms. The summed E-state index contributed by atoms with van der Waals surface area (Å²) in [5, 5.41) is 0. The molecule has 1 aliphatic rings. The molecule has 1 saturated heterocycles. The minimum atomic E-state index is -0.144. The van der Waals surface area contributed by atoms with Gasteiger partial charge in [-0.2, -0.15) is 0 Å². The summed E-state index contributed by atoms with van der Waals surface area (Å²) < 4.78 is 0. The summed E-state index contributed by atoms with van der Waals surface area (Å²) in [4.78, 5) is 14.7. The van der Waals surface area contributed by atoms with Gasteiger partial charge < -0.3 is 10.6 Å². The molecule has 2 N–H and O–H groups in total. The number of hydrogen-bond acceptors (Lipinski definition) is 2. The topological polar surface area (TPSA) is 46.3 Å². The van der Waals surface area contributed by atoms with Gasteiger partial charge in [-0.15, -0.1) is 0 Å². The van der Waals surface area contributed by atoms with E-state index in [2.05, 4.69) is 58.9 Å². The van der Waals surface area contributed by atoms with Crippen LogP contribution in [0.4, 0.5) is 0 Å². The molecule has 0 saturated carbocycles. The van der Waals surface area contributed by atoms with E-state index in [0.29, 0.717) is 6.42 Å². The number of benzene rings is 1. The number of carbonyl (C=O) groups excluding carboxylic acids is 1. The molecule has 2 rings (SSSR count). The Labute approximate surface area is 134 Å². The van der Waals surface area contributed by atoms with Crippen LogP contribution in [0.15, 0.2) is 24.3 Å². The average molecular weight is 302 g/mol. The number of carbonyl (C=O) groups is 1. The van der Waals surface area contributed by atoms with Gasteiger partial charge in [-0.05, 0) is 29.7 Å². The van der Waals surface area contributed by atoms with E-state index < -0.39 is 0 Å². The zero-order valence-corrected chi connectivity index (χ0v) is 14.6. The molecule has 1 aliphatic heterocycles. The van der Waals surface area contributed by atoms with Gasteiger partial charge in [0.15, 0.2) is 0 Å². The van der Waals surface area contributed by atoms with Crippen molar-refractivity contribution in [3.05, 3.63) is 35.4 Å². The second kappa shape index (κ2) is 6.04. The molecule has 122 valence electrons. The second-order valence-corrected chi connectivity index (χ2v) is 8.13. The third kappa shape index (κ3) is 3.70. The van der Waals surface area contributed by atoms with Crippen LogP contribution in [0.2, 0.25) is 0 Å². The smallest absolute Gasteiger partial charge is 0.223 e. The molecule has 3 nitrogen and oxygen atoms in total. The van der Waals surface area contributed by atoms with Gasteiger partial charge in [-0.25, -0.2) is 0 Å². The van der Waals surface area contributed by atoms with Crippen molar-refractivity contribution in [3.8, 4) is 0 Å². The maximum Gasteiger partial charge on any atom is 0.223 e. The van der Waals surface area contributed by atoms with Crippen molar-refractivity contribution >= 4 is 5.91 Å². The normalized spacial score (nSPS) is 21.7. The Balaban J connectivity index is 2.06. The van der Waals surface area contributed by atoms with Gasteiger partial charge in [0.05, 0.1) is 0 Å². The predicted octanol–water partition coefficient (Wildman–Crippen LogP) is 3.25. The molecule has 1 aromatic carbocycles. The van der Waals surface area contributed by atoms with Gasteiger partial charge in [-0.1, -0.05) is 57.5 Å². The maximum absolute atomic E-state index is 12.7. The Morgan fingerprint density at radius 3 is 2.45 bits per heavy atom. The largest absolute Gasteiger partial charge is 0.342 e. The van der Waals surface area contributed by atoms with Crippen molar-refractivity contribution < 1.29 is 4.79 Å². The quantitative estimate of drug-likeness (QED) is 0.931. The van der Waals surface area contributed by atoms with Gasteiger partial charge in [0.1, 0.15) is 0 Å². The van der Waals surface area contributed by atoms with E-state index in [9.17, 15) is 4.79 Å². The van der Waals surface area contributed by atoms with Crippen molar-refractivity contribution in [2.45, 2.75) is 58.9 Å². The summed E-state index contributed by atoms with van der Waals surface area (Å²) in [5.41, 5.74) is 8.50. The monoisotopic (exact) mass is 302 g/mol. The first-order chi connectivity index (χ1) is 10.1. The molecule has 1 amide bonds. The molecule has 0 bridgehead atoms. The van der Waals surface area contributed by atoms with Gasteiger partial charge in [0.2, 0.25) is 5.91 Å². The number of nitrogens with two attached hydrogens (primary N) is 1. The SMILES string of the molecule is Cc1ccc(C(C)(C)CC(=O)N2CCC(N)C(C)(C)C2)cc1. The summed E-state index contributed by atoms with van der Waals surface area (Å²) in [6, 6.07) is 8.69. The van der Waals surface area contributed by atoms with E-state index >= 15 is 0 Å². The fraction of sp³-hybridized carbons (Fsp3) is 0.632. The lowest BCUT2D eigenvalue weighted by Gasteiger charge is -2.43.